The molecular formula is C19H19N3O3. The molecule has 1 amide bonds. The average Bonchev–Trinajstić information content (AvgIpc) is 3.05. The number of hydrogen-bond acceptors (Lipinski definition) is 5. The standard InChI is InChI=1S/C19H19N3O3/c1-14-7-9-15(10-8-14)13-18-21-22-19(25-18)20-17(23)11-12-24-16-5-3-2-4-6-16/h2-10H,11-13H2,1H3,(H,20,22,23). The van der Waals surface area contributed by atoms with Crippen LogP contribution in [0.2, 0.25) is 0 Å². The van der Waals surface area contributed by atoms with Gasteiger partial charge in [0, 0.05) is 0 Å². The second-order valence-electron chi connectivity index (χ2n) is 5.62. The molecule has 1 N–H and O–H groups in total. The van der Waals surface area contributed by atoms with Gasteiger partial charge in [-0.2, -0.15) is 0 Å². The molecule has 0 fully saturated rings. The minimum absolute atomic E-state index is 0.104. The smallest absolute Gasteiger partial charge is 0.322 e. The van der Waals surface area contributed by atoms with Crippen molar-refractivity contribution in [1.82, 2.24) is 10.2 Å². The first-order valence-corrected chi connectivity index (χ1v) is 8.05. The van der Waals surface area contributed by atoms with E-state index in [4.69, 9.17) is 9.15 Å². The van der Waals surface area contributed by atoms with E-state index in [2.05, 4.69) is 15.5 Å². The number of carbonyl (C=O) groups is 1. The monoisotopic (exact) mass is 337 g/mol. The van der Waals surface area contributed by atoms with Gasteiger partial charge in [-0.25, -0.2) is 0 Å². The number of amides is 1. The maximum absolute atomic E-state index is 11.9. The molecule has 25 heavy (non-hydrogen) atoms. The molecule has 0 radical (unpaired) electrons. The van der Waals surface area contributed by atoms with Crippen LogP contribution in [0, 0.1) is 6.92 Å². The van der Waals surface area contributed by atoms with Crippen molar-refractivity contribution >= 4 is 11.9 Å². The van der Waals surface area contributed by atoms with Gasteiger partial charge in [-0.05, 0) is 24.6 Å². The Balaban J connectivity index is 1.45. The number of aromatic nitrogens is 2. The molecule has 6 nitrogen and oxygen atoms in total. The first-order chi connectivity index (χ1) is 12.2. The molecule has 1 aromatic heterocycles. The lowest BCUT2D eigenvalue weighted by atomic mass is 10.1. The van der Waals surface area contributed by atoms with Gasteiger partial charge in [0.05, 0.1) is 19.4 Å². The number of rotatable bonds is 7. The second-order valence-corrected chi connectivity index (χ2v) is 5.62. The lowest BCUT2D eigenvalue weighted by Crippen LogP contribution is -2.15. The van der Waals surface area contributed by atoms with Crippen LogP contribution in [0.5, 0.6) is 5.75 Å². The predicted octanol–water partition coefficient (Wildman–Crippen LogP) is 3.38. The van der Waals surface area contributed by atoms with E-state index in [1.54, 1.807) is 0 Å². The van der Waals surface area contributed by atoms with E-state index >= 15 is 0 Å². The molecule has 2 aromatic carbocycles. The fraction of sp³-hybridized carbons (Fsp3) is 0.211. The SMILES string of the molecule is Cc1ccc(Cc2nnc(NC(=O)CCOc3ccccc3)o2)cc1. The third-order valence-electron chi connectivity index (χ3n) is 3.53. The normalized spacial score (nSPS) is 10.4. The molecule has 0 saturated heterocycles. The number of hydrogen-bond donors (Lipinski definition) is 1. The van der Waals surface area contributed by atoms with Gasteiger partial charge in [0.2, 0.25) is 11.8 Å². The quantitative estimate of drug-likeness (QED) is 0.715. The fourth-order valence-corrected chi connectivity index (χ4v) is 2.22. The molecule has 0 bridgehead atoms. The van der Waals surface area contributed by atoms with Gasteiger partial charge in [0.1, 0.15) is 5.75 Å². The number of carbonyl (C=O) groups excluding carboxylic acids is 1. The molecule has 3 rings (SSSR count). The summed E-state index contributed by atoms with van der Waals surface area (Å²) in [7, 11) is 0. The Hall–Kier alpha value is -3.15. The van der Waals surface area contributed by atoms with Gasteiger partial charge in [-0.1, -0.05) is 53.1 Å². The minimum atomic E-state index is -0.235. The molecule has 128 valence electrons. The maximum Gasteiger partial charge on any atom is 0.322 e. The molecule has 6 heteroatoms. The summed E-state index contributed by atoms with van der Waals surface area (Å²) >= 11 is 0. The molecule has 0 aliphatic heterocycles. The van der Waals surface area contributed by atoms with Gasteiger partial charge in [-0.3, -0.25) is 10.1 Å². The highest BCUT2D eigenvalue weighted by atomic mass is 16.5. The van der Waals surface area contributed by atoms with Crippen LogP contribution in [-0.4, -0.2) is 22.7 Å². The number of ether oxygens (including phenoxy) is 1. The summed E-state index contributed by atoms with van der Waals surface area (Å²) in [4.78, 5) is 11.9. The number of anilines is 1. The summed E-state index contributed by atoms with van der Waals surface area (Å²) in [6, 6.07) is 17.5. The van der Waals surface area contributed by atoms with Crippen LogP contribution < -0.4 is 10.1 Å². The van der Waals surface area contributed by atoms with E-state index in [0.29, 0.717) is 12.3 Å². The van der Waals surface area contributed by atoms with Crippen molar-refractivity contribution in [3.63, 3.8) is 0 Å². The fourth-order valence-electron chi connectivity index (χ4n) is 2.22. The third-order valence-corrected chi connectivity index (χ3v) is 3.53. The van der Waals surface area contributed by atoms with Gasteiger partial charge in [0.25, 0.3) is 0 Å². The predicted molar refractivity (Wildman–Crippen MR) is 93.5 cm³/mol. The van der Waals surface area contributed by atoms with E-state index in [1.807, 2.05) is 61.5 Å². The highest BCUT2D eigenvalue weighted by Crippen LogP contribution is 2.13. The van der Waals surface area contributed by atoms with Crippen LogP contribution in [0.25, 0.3) is 0 Å². The van der Waals surface area contributed by atoms with Crippen molar-refractivity contribution in [3.8, 4) is 5.75 Å². The summed E-state index contributed by atoms with van der Waals surface area (Å²) in [5.74, 6) is 0.953. The van der Waals surface area contributed by atoms with E-state index in [1.165, 1.54) is 5.56 Å². The van der Waals surface area contributed by atoms with Crippen LogP contribution in [0.3, 0.4) is 0 Å². The Morgan fingerprint density at radius 2 is 1.84 bits per heavy atom. The molecule has 0 saturated carbocycles. The number of nitrogens with zero attached hydrogens (tertiary/aromatic N) is 2. The number of para-hydroxylation sites is 1. The Morgan fingerprint density at radius 3 is 2.60 bits per heavy atom. The lowest BCUT2D eigenvalue weighted by Gasteiger charge is -2.04. The zero-order valence-electron chi connectivity index (χ0n) is 13.9. The summed E-state index contributed by atoms with van der Waals surface area (Å²) < 4.78 is 10.9. The van der Waals surface area contributed by atoms with Crippen LogP contribution >= 0.6 is 0 Å². The first-order valence-electron chi connectivity index (χ1n) is 8.05. The van der Waals surface area contributed by atoms with Crippen LogP contribution in [-0.2, 0) is 11.2 Å². The zero-order valence-corrected chi connectivity index (χ0v) is 13.9. The van der Waals surface area contributed by atoms with Crippen LogP contribution in [0.15, 0.2) is 59.0 Å². The number of nitrogens with one attached hydrogen (secondary N) is 1. The van der Waals surface area contributed by atoms with E-state index < -0.39 is 0 Å². The topological polar surface area (TPSA) is 77.2 Å². The van der Waals surface area contributed by atoms with E-state index in [0.717, 1.165) is 11.3 Å². The maximum atomic E-state index is 11.9. The summed E-state index contributed by atoms with van der Waals surface area (Å²) in [5.41, 5.74) is 2.27. The molecule has 0 unspecified atom stereocenters. The van der Waals surface area contributed by atoms with Crippen LogP contribution in [0.4, 0.5) is 6.01 Å². The van der Waals surface area contributed by atoms with Gasteiger partial charge in [-0.15, -0.1) is 5.10 Å². The molecule has 0 aliphatic rings. The van der Waals surface area contributed by atoms with Crippen molar-refractivity contribution in [2.24, 2.45) is 0 Å². The summed E-state index contributed by atoms with van der Waals surface area (Å²) in [6.45, 7) is 2.31. The largest absolute Gasteiger partial charge is 0.493 e. The third kappa shape index (κ3) is 5.17. The Labute approximate surface area is 145 Å². The van der Waals surface area contributed by atoms with Crippen molar-refractivity contribution in [2.45, 2.75) is 19.8 Å². The molecule has 0 spiro atoms. The van der Waals surface area contributed by atoms with Gasteiger partial charge in [0.15, 0.2) is 0 Å². The summed E-state index contributed by atoms with van der Waals surface area (Å²) in [5, 5.41) is 10.4. The van der Waals surface area contributed by atoms with Crippen LogP contribution in [0.1, 0.15) is 23.4 Å². The molecule has 0 aliphatic carbocycles. The first kappa shape index (κ1) is 16.7. The van der Waals surface area contributed by atoms with E-state index in [-0.39, 0.29) is 24.9 Å². The molecular weight excluding hydrogens is 318 g/mol. The van der Waals surface area contributed by atoms with Gasteiger partial charge < -0.3 is 9.15 Å². The zero-order chi connectivity index (χ0) is 17.5. The number of benzene rings is 2. The molecule has 0 atom stereocenters. The molecule has 3 aromatic rings. The van der Waals surface area contributed by atoms with Crippen molar-refractivity contribution < 1.29 is 13.9 Å². The Morgan fingerprint density at radius 1 is 1.08 bits per heavy atom. The highest BCUT2D eigenvalue weighted by Gasteiger charge is 2.10. The van der Waals surface area contributed by atoms with Crippen molar-refractivity contribution in [2.75, 3.05) is 11.9 Å². The summed E-state index contributed by atoms with van der Waals surface area (Å²) in [6.07, 6.45) is 0.727. The number of aryl methyl sites for hydroxylation is 1. The van der Waals surface area contributed by atoms with E-state index in [9.17, 15) is 4.79 Å². The van der Waals surface area contributed by atoms with Gasteiger partial charge >= 0.3 is 6.01 Å². The second kappa shape index (κ2) is 8.10. The van der Waals surface area contributed by atoms with Crippen molar-refractivity contribution in [1.29, 1.82) is 0 Å². The minimum Gasteiger partial charge on any atom is -0.493 e. The van der Waals surface area contributed by atoms with Crippen molar-refractivity contribution in [3.05, 3.63) is 71.6 Å². The lowest BCUT2D eigenvalue weighted by molar-refractivity contribution is -0.116. The molecule has 1 heterocycles. The average molecular weight is 337 g/mol. The Kier molecular flexibility index (Phi) is 5.41. The Bertz CT molecular complexity index is 813. The highest BCUT2D eigenvalue weighted by molar-refractivity contribution is 5.88.